The van der Waals surface area contributed by atoms with E-state index in [4.69, 9.17) is 0 Å². The van der Waals surface area contributed by atoms with Crippen molar-refractivity contribution in [3.8, 4) is 0 Å². The number of hydrogen-bond acceptors (Lipinski definition) is 2. The maximum absolute atomic E-state index is 12.5. The molecule has 1 aliphatic rings. The Morgan fingerprint density at radius 1 is 1.15 bits per heavy atom. The normalized spacial score (nSPS) is 23.6. The molecule has 1 rings (SSSR count). The molecule has 2 atom stereocenters. The summed E-state index contributed by atoms with van der Waals surface area (Å²) >= 11 is 0. The van der Waals surface area contributed by atoms with E-state index in [1.165, 1.54) is 0 Å². The van der Waals surface area contributed by atoms with Gasteiger partial charge in [0, 0.05) is 6.54 Å². The van der Waals surface area contributed by atoms with Crippen LogP contribution in [0.5, 0.6) is 0 Å². The number of rotatable bonds is 7. The van der Waals surface area contributed by atoms with Crippen LogP contribution in [-0.2, 0) is 9.59 Å². The van der Waals surface area contributed by atoms with Crippen LogP contribution in [0, 0.1) is 11.8 Å². The van der Waals surface area contributed by atoms with Crippen LogP contribution < -0.4 is 5.32 Å². The highest BCUT2D eigenvalue weighted by Gasteiger charge is 2.40. The van der Waals surface area contributed by atoms with E-state index >= 15 is 0 Å². The van der Waals surface area contributed by atoms with Gasteiger partial charge in [-0.1, -0.05) is 27.7 Å². The third kappa shape index (κ3) is 4.46. The van der Waals surface area contributed by atoms with Crippen LogP contribution in [0.1, 0.15) is 47.0 Å². The molecule has 0 aromatic carbocycles. The van der Waals surface area contributed by atoms with Crippen LogP contribution in [0.4, 0.5) is 4.39 Å². The second-order valence-corrected chi connectivity index (χ2v) is 6.41. The van der Waals surface area contributed by atoms with Gasteiger partial charge < -0.3 is 10.2 Å². The third-order valence-corrected chi connectivity index (χ3v) is 3.51. The van der Waals surface area contributed by atoms with Gasteiger partial charge in [0.05, 0.1) is 6.67 Å². The predicted octanol–water partition coefficient (Wildman–Crippen LogP) is 2.13. The number of halogens is 1. The monoisotopic (exact) mass is 286 g/mol. The zero-order valence-corrected chi connectivity index (χ0v) is 13.0. The Labute approximate surface area is 121 Å². The lowest BCUT2D eigenvalue weighted by atomic mass is 9.94. The van der Waals surface area contributed by atoms with Crippen molar-refractivity contribution in [3.63, 3.8) is 0 Å². The molecule has 0 radical (unpaired) electrons. The molecule has 0 aliphatic carbocycles. The van der Waals surface area contributed by atoms with Crippen molar-refractivity contribution in [2.45, 2.75) is 59.0 Å². The summed E-state index contributed by atoms with van der Waals surface area (Å²) in [7, 11) is 0. The SMILES string of the molecule is CC(C)CC1NC(=O)C(CC(C)C)N(CCCF)C1=O. The predicted molar refractivity (Wildman–Crippen MR) is 76.9 cm³/mol. The Morgan fingerprint density at radius 3 is 2.25 bits per heavy atom. The Morgan fingerprint density at radius 2 is 1.75 bits per heavy atom. The summed E-state index contributed by atoms with van der Waals surface area (Å²) in [6.07, 6.45) is 1.55. The first-order valence-electron chi connectivity index (χ1n) is 7.53. The van der Waals surface area contributed by atoms with Crippen molar-refractivity contribution in [2.24, 2.45) is 11.8 Å². The Balaban J connectivity index is 2.85. The lowest BCUT2D eigenvalue weighted by Gasteiger charge is -2.40. The van der Waals surface area contributed by atoms with E-state index in [-0.39, 0.29) is 11.8 Å². The number of piperazine rings is 1. The van der Waals surface area contributed by atoms with E-state index in [1.54, 1.807) is 4.90 Å². The lowest BCUT2D eigenvalue weighted by Crippen LogP contribution is -2.63. The van der Waals surface area contributed by atoms with E-state index in [0.717, 1.165) is 0 Å². The Hall–Kier alpha value is -1.13. The van der Waals surface area contributed by atoms with Crippen LogP contribution in [-0.4, -0.2) is 42.0 Å². The molecule has 0 spiro atoms. The summed E-state index contributed by atoms with van der Waals surface area (Å²) < 4.78 is 12.4. The Bertz CT molecular complexity index is 345. The number of carbonyl (C=O) groups is 2. The molecule has 2 amide bonds. The molecule has 1 saturated heterocycles. The molecule has 2 unspecified atom stereocenters. The number of nitrogens with one attached hydrogen (secondary N) is 1. The van der Waals surface area contributed by atoms with E-state index in [1.807, 2.05) is 27.7 Å². The van der Waals surface area contributed by atoms with Crippen molar-refractivity contribution >= 4 is 11.8 Å². The van der Waals surface area contributed by atoms with Crippen molar-refractivity contribution < 1.29 is 14.0 Å². The van der Waals surface area contributed by atoms with Gasteiger partial charge in [-0.3, -0.25) is 14.0 Å². The first kappa shape index (κ1) is 16.9. The fraction of sp³-hybridized carbons (Fsp3) is 0.867. The highest BCUT2D eigenvalue weighted by atomic mass is 19.1. The summed E-state index contributed by atoms with van der Waals surface area (Å²) in [5.74, 6) is 0.488. The van der Waals surface area contributed by atoms with E-state index in [2.05, 4.69) is 5.32 Å². The molecule has 1 heterocycles. The molecule has 1 aliphatic heterocycles. The molecule has 0 saturated carbocycles. The number of hydrogen-bond donors (Lipinski definition) is 1. The summed E-state index contributed by atoms with van der Waals surface area (Å²) in [6.45, 7) is 7.94. The standard InChI is InChI=1S/C15H27FN2O2/c1-10(2)8-12-15(20)18(7-5-6-16)13(9-11(3)4)14(19)17-12/h10-13H,5-9H2,1-4H3,(H,17,19). The fourth-order valence-electron chi connectivity index (χ4n) is 2.63. The molecule has 116 valence electrons. The number of alkyl halides is 1. The quantitative estimate of drug-likeness (QED) is 0.779. The summed E-state index contributed by atoms with van der Waals surface area (Å²) in [4.78, 5) is 26.3. The van der Waals surface area contributed by atoms with Crippen LogP contribution >= 0.6 is 0 Å². The minimum atomic E-state index is -0.464. The summed E-state index contributed by atoms with van der Waals surface area (Å²) in [5, 5.41) is 2.84. The average molecular weight is 286 g/mol. The Kier molecular flexibility index (Phi) is 6.43. The van der Waals surface area contributed by atoms with Gasteiger partial charge in [0.15, 0.2) is 0 Å². The van der Waals surface area contributed by atoms with Gasteiger partial charge in [0.1, 0.15) is 12.1 Å². The highest BCUT2D eigenvalue weighted by Crippen LogP contribution is 2.20. The molecule has 20 heavy (non-hydrogen) atoms. The number of nitrogens with zero attached hydrogens (tertiary/aromatic N) is 1. The van der Waals surface area contributed by atoms with Gasteiger partial charge in [0.25, 0.3) is 0 Å². The van der Waals surface area contributed by atoms with Gasteiger partial charge in [-0.2, -0.15) is 0 Å². The second-order valence-electron chi connectivity index (χ2n) is 6.41. The van der Waals surface area contributed by atoms with Crippen molar-refractivity contribution in [1.29, 1.82) is 0 Å². The number of amides is 2. The van der Waals surface area contributed by atoms with E-state index < -0.39 is 18.8 Å². The van der Waals surface area contributed by atoms with E-state index in [9.17, 15) is 14.0 Å². The maximum atomic E-state index is 12.5. The minimum absolute atomic E-state index is 0.0580. The van der Waals surface area contributed by atoms with Crippen molar-refractivity contribution in [2.75, 3.05) is 13.2 Å². The van der Waals surface area contributed by atoms with Gasteiger partial charge >= 0.3 is 0 Å². The van der Waals surface area contributed by atoms with Gasteiger partial charge in [0.2, 0.25) is 11.8 Å². The fourth-order valence-corrected chi connectivity index (χ4v) is 2.63. The number of carbonyl (C=O) groups excluding carboxylic acids is 2. The van der Waals surface area contributed by atoms with Crippen molar-refractivity contribution in [3.05, 3.63) is 0 Å². The molecule has 0 aromatic rings. The first-order chi connectivity index (χ1) is 9.36. The summed E-state index contributed by atoms with van der Waals surface area (Å²) in [5.41, 5.74) is 0. The maximum Gasteiger partial charge on any atom is 0.245 e. The largest absolute Gasteiger partial charge is 0.342 e. The smallest absolute Gasteiger partial charge is 0.245 e. The van der Waals surface area contributed by atoms with E-state index in [0.29, 0.717) is 37.6 Å². The average Bonchev–Trinajstić information content (AvgIpc) is 2.34. The van der Waals surface area contributed by atoms with Crippen LogP contribution in [0.3, 0.4) is 0 Å². The molecular weight excluding hydrogens is 259 g/mol. The van der Waals surface area contributed by atoms with Gasteiger partial charge in [-0.25, -0.2) is 0 Å². The molecule has 1 fully saturated rings. The van der Waals surface area contributed by atoms with Crippen LogP contribution in [0.25, 0.3) is 0 Å². The molecule has 5 heteroatoms. The lowest BCUT2D eigenvalue weighted by molar-refractivity contribution is -0.150. The minimum Gasteiger partial charge on any atom is -0.342 e. The molecule has 0 bridgehead atoms. The topological polar surface area (TPSA) is 49.4 Å². The molecular formula is C15H27FN2O2. The summed E-state index contributed by atoms with van der Waals surface area (Å²) in [6, 6.07) is -0.900. The van der Waals surface area contributed by atoms with Gasteiger partial charge in [-0.15, -0.1) is 0 Å². The highest BCUT2D eigenvalue weighted by molar-refractivity contribution is 5.96. The third-order valence-electron chi connectivity index (χ3n) is 3.51. The molecule has 4 nitrogen and oxygen atoms in total. The zero-order chi connectivity index (χ0) is 15.3. The van der Waals surface area contributed by atoms with Crippen molar-refractivity contribution in [1.82, 2.24) is 10.2 Å². The first-order valence-corrected chi connectivity index (χ1v) is 7.53. The zero-order valence-electron chi connectivity index (χ0n) is 13.0. The van der Waals surface area contributed by atoms with Crippen LogP contribution in [0.15, 0.2) is 0 Å². The van der Waals surface area contributed by atoms with Gasteiger partial charge in [-0.05, 0) is 31.1 Å². The molecule has 0 aromatic heterocycles. The van der Waals surface area contributed by atoms with Crippen LogP contribution in [0.2, 0.25) is 0 Å². The second kappa shape index (κ2) is 7.60. The molecule has 1 N–H and O–H groups in total.